The summed E-state index contributed by atoms with van der Waals surface area (Å²) < 4.78 is 0. The molecular weight excluding hydrogens is 336 g/mol. The number of rotatable bonds is 7. The van der Waals surface area contributed by atoms with Gasteiger partial charge in [-0.05, 0) is 36.9 Å². The predicted molar refractivity (Wildman–Crippen MR) is 108 cm³/mol. The number of aliphatic hydroxyl groups is 1. The highest BCUT2D eigenvalue weighted by Crippen LogP contribution is 2.33. The minimum Gasteiger partial charge on any atom is -0.387 e. The van der Waals surface area contributed by atoms with E-state index in [4.69, 9.17) is 0 Å². The second-order valence-corrected chi connectivity index (χ2v) is 7.50. The topological polar surface area (TPSA) is 43.8 Å². The zero-order valence-electron chi connectivity index (χ0n) is 16.2. The average molecular weight is 367 g/mol. The SMILES string of the molecule is CCC1(N(Cc2ccccc2)C(=O)CO)CCCN(Cc2ccccc2)C1. The Balaban J connectivity index is 1.81. The van der Waals surface area contributed by atoms with Crippen LogP contribution < -0.4 is 0 Å². The summed E-state index contributed by atoms with van der Waals surface area (Å²) in [6.07, 6.45) is 2.93. The van der Waals surface area contributed by atoms with Crippen LogP contribution in [-0.2, 0) is 17.9 Å². The summed E-state index contributed by atoms with van der Waals surface area (Å²) in [5.41, 5.74) is 2.17. The molecule has 1 aliphatic rings. The molecule has 144 valence electrons. The van der Waals surface area contributed by atoms with Gasteiger partial charge in [-0.2, -0.15) is 0 Å². The number of hydrogen-bond donors (Lipinski definition) is 1. The van der Waals surface area contributed by atoms with E-state index in [1.807, 2.05) is 41.3 Å². The Morgan fingerprint density at radius 2 is 1.70 bits per heavy atom. The van der Waals surface area contributed by atoms with Crippen molar-refractivity contribution in [1.82, 2.24) is 9.80 Å². The summed E-state index contributed by atoms with van der Waals surface area (Å²) in [6.45, 7) is 5.06. The molecule has 1 amide bonds. The van der Waals surface area contributed by atoms with E-state index in [1.165, 1.54) is 5.56 Å². The quantitative estimate of drug-likeness (QED) is 0.816. The number of aliphatic hydroxyl groups excluding tert-OH is 1. The van der Waals surface area contributed by atoms with Gasteiger partial charge in [0, 0.05) is 19.6 Å². The molecule has 0 radical (unpaired) electrons. The van der Waals surface area contributed by atoms with E-state index in [2.05, 4.69) is 36.1 Å². The third kappa shape index (κ3) is 4.76. The molecule has 4 heteroatoms. The molecule has 3 rings (SSSR count). The molecule has 1 N–H and O–H groups in total. The van der Waals surface area contributed by atoms with Crippen LogP contribution in [0.15, 0.2) is 60.7 Å². The van der Waals surface area contributed by atoms with Crippen LogP contribution in [0, 0.1) is 0 Å². The standard InChI is InChI=1S/C23H30N2O2/c1-2-23(25(22(27)18-26)17-21-12-7-4-8-13-21)14-9-15-24(19-23)16-20-10-5-3-6-11-20/h3-8,10-13,26H,2,9,14-19H2,1H3. The van der Waals surface area contributed by atoms with Gasteiger partial charge in [0.15, 0.2) is 0 Å². The molecule has 0 saturated carbocycles. The lowest BCUT2D eigenvalue weighted by Crippen LogP contribution is -2.60. The fraction of sp³-hybridized carbons (Fsp3) is 0.435. The van der Waals surface area contributed by atoms with Crippen molar-refractivity contribution in [2.75, 3.05) is 19.7 Å². The van der Waals surface area contributed by atoms with Crippen molar-refractivity contribution >= 4 is 5.91 Å². The van der Waals surface area contributed by atoms with Gasteiger partial charge >= 0.3 is 0 Å². The van der Waals surface area contributed by atoms with Gasteiger partial charge in [-0.25, -0.2) is 0 Å². The van der Waals surface area contributed by atoms with Crippen LogP contribution in [0.1, 0.15) is 37.3 Å². The van der Waals surface area contributed by atoms with Gasteiger partial charge in [-0.15, -0.1) is 0 Å². The molecule has 1 heterocycles. The van der Waals surface area contributed by atoms with Crippen molar-refractivity contribution in [3.8, 4) is 0 Å². The van der Waals surface area contributed by atoms with Crippen LogP contribution in [0.25, 0.3) is 0 Å². The largest absolute Gasteiger partial charge is 0.387 e. The first kappa shape index (κ1) is 19.6. The van der Waals surface area contributed by atoms with Gasteiger partial charge in [0.1, 0.15) is 6.61 Å². The molecule has 1 aliphatic heterocycles. The molecule has 4 nitrogen and oxygen atoms in total. The number of carbonyl (C=O) groups is 1. The van der Waals surface area contributed by atoms with Crippen molar-refractivity contribution in [2.24, 2.45) is 0 Å². The first-order valence-corrected chi connectivity index (χ1v) is 9.88. The Bertz CT molecular complexity index is 720. The van der Waals surface area contributed by atoms with E-state index >= 15 is 0 Å². The number of benzene rings is 2. The second kappa shape index (κ2) is 9.16. The third-order valence-corrected chi connectivity index (χ3v) is 5.73. The fourth-order valence-electron chi connectivity index (χ4n) is 4.25. The summed E-state index contributed by atoms with van der Waals surface area (Å²) in [6, 6.07) is 20.6. The summed E-state index contributed by atoms with van der Waals surface area (Å²) >= 11 is 0. The molecule has 1 unspecified atom stereocenters. The molecular formula is C23H30N2O2. The van der Waals surface area contributed by atoms with Crippen molar-refractivity contribution in [3.63, 3.8) is 0 Å². The highest BCUT2D eigenvalue weighted by molar-refractivity contribution is 5.78. The van der Waals surface area contributed by atoms with Gasteiger partial charge in [0.25, 0.3) is 0 Å². The summed E-state index contributed by atoms with van der Waals surface area (Å²) in [4.78, 5) is 17.1. The highest BCUT2D eigenvalue weighted by atomic mass is 16.3. The molecule has 2 aromatic carbocycles. The van der Waals surface area contributed by atoms with Gasteiger partial charge in [0.05, 0.1) is 5.54 Å². The number of likely N-dealkylation sites (tertiary alicyclic amines) is 1. The van der Waals surface area contributed by atoms with Crippen molar-refractivity contribution in [1.29, 1.82) is 0 Å². The van der Waals surface area contributed by atoms with Crippen molar-refractivity contribution < 1.29 is 9.90 Å². The Morgan fingerprint density at radius 1 is 1.07 bits per heavy atom. The number of hydrogen-bond acceptors (Lipinski definition) is 3. The van der Waals surface area contributed by atoms with Crippen LogP contribution in [0.2, 0.25) is 0 Å². The smallest absolute Gasteiger partial charge is 0.249 e. The number of amides is 1. The van der Waals surface area contributed by atoms with Crippen LogP contribution in [0.4, 0.5) is 0 Å². The fourth-order valence-corrected chi connectivity index (χ4v) is 4.25. The van der Waals surface area contributed by atoms with E-state index in [0.29, 0.717) is 6.54 Å². The molecule has 2 aromatic rings. The Kier molecular flexibility index (Phi) is 6.64. The third-order valence-electron chi connectivity index (χ3n) is 5.73. The van der Waals surface area contributed by atoms with Crippen molar-refractivity contribution in [3.05, 3.63) is 71.8 Å². The Labute approximate surface area is 162 Å². The Morgan fingerprint density at radius 3 is 2.30 bits per heavy atom. The zero-order chi connectivity index (χ0) is 19.1. The van der Waals surface area contributed by atoms with E-state index in [9.17, 15) is 9.90 Å². The second-order valence-electron chi connectivity index (χ2n) is 7.50. The lowest BCUT2D eigenvalue weighted by atomic mass is 9.83. The normalized spacial score (nSPS) is 20.4. The predicted octanol–water partition coefficient (Wildman–Crippen LogP) is 3.45. The van der Waals surface area contributed by atoms with Crippen LogP contribution in [0.5, 0.6) is 0 Å². The Hall–Kier alpha value is -2.17. The maximum atomic E-state index is 12.7. The van der Waals surface area contributed by atoms with E-state index in [0.717, 1.165) is 44.5 Å². The molecule has 0 bridgehead atoms. The first-order valence-electron chi connectivity index (χ1n) is 9.88. The zero-order valence-corrected chi connectivity index (χ0v) is 16.2. The maximum Gasteiger partial charge on any atom is 0.249 e. The lowest BCUT2D eigenvalue weighted by Gasteiger charge is -2.49. The highest BCUT2D eigenvalue weighted by Gasteiger charge is 2.41. The summed E-state index contributed by atoms with van der Waals surface area (Å²) in [5.74, 6) is -0.178. The monoisotopic (exact) mass is 366 g/mol. The van der Waals surface area contributed by atoms with Crippen LogP contribution >= 0.6 is 0 Å². The van der Waals surface area contributed by atoms with Gasteiger partial charge in [-0.1, -0.05) is 67.6 Å². The number of nitrogens with zero attached hydrogens (tertiary/aromatic N) is 2. The van der Waals surface area contributed by atoms with E-state index < -0.39 is 6.61 Å². The number of carbonyl (C=O) groups excluding carboxylic acids is 1. The minimum absolute atomic E-state index is 0.178. The van der Waals surface area contributed by atoms with Crippen LogP contribution in [-0.4, -0.2) is 46.0 Å². The molecule has 1 atom stereocenters. The molecule has 27 heavy (non-hydrogen) atoms. The van der Waals surface area contributed by atoms with Gasteiger partial charge < -0.3 is 10.0 Å². The minimum atomic E-state index is -0.437. The first-order chi connectivity index (χ1) is 13.2. The van der Waals surface area contributed by atoms with Crippen molar-refractivity contribution in [2.45, 2.75) is 44.8 Å². The number of piperidine rings is 1. The maximum absolute atomic E-state index is 12.7. The van der Waals surface area contributed by atoms with Crippen LogP contribution in [0.3, 0.4) is 0 Å². The molecule has 0 spiro atoms. The molecule has 0 aliphatic carbocycles. The van der Waals surface area contributed by atoms with E-state index in [-0.39, 0.29) is 11.4 Å². The molecule has 0 aromatic heterocycles. The average Bonchev–Trinajstić information content (AvgIpc) is 2.73. The van der Waals surface area contributed by atoms with Gasteiger partial charge in [-0.3, -0.25) is 9.69 Å². The van der Waals surface area contributed by atoms with Gasteiger partial charge in [0.2, 0.25) is 5.91 Å². The summed E-state index contributed by atoms with van der Waals surface area (Å²) in [7, 11) is 0. The molecule has 1 fully saturated rings. The lowest BCUT2D eigenvalue weighted by molar-refractivity contribution is -0.145. The summed E-state index contributed by atoms with van der Waals surface area (Å²) in [5, 5.41) is 9.62. The van der Waals surface area contributed by atoms with E-state index in [1.54, 1.807) is 0 Å². The molecule has 1 saturated heterocycles.